The van der Waals surface area contributed by atoms with E-state index >= 15 is 0 Å². The quantitative estimate of drug-likeness (QED) is 0.236. The Kier molecular flexibility index (Phi) is 11.3. The van der Waals surface area contributed by atoms with Gasteiger partial charge in [0.1, 0.15) is 5.60 Å². The molecule has 0 spiro atoms. The van der Waals surface area contributed by atoms with E-state index in [4.69, 9.17) is 18.9 Å². The highest BCUT2D eigenvalue weighted by molar-refractivity contribution is 7.89. The molecule has 2 rings (SSSR count). The first-order chi connectivity index (χ1) is 16.5. The number of nitro benzene ring substituents is 1. The van der Waals surface area contributed by atoms with Gasteiger partial charge in [0.05, 0.1) is 49.0 Å². The van der Waals surface area contributed by atoms with Gasteiger partial charge in [0, 0.05) is 31.8 Å². The third-order valence-electron chi connectivity index (χ3n) is 4.94. The molecule has 0 aliphatic carbocycles. The zero-order valence-electron chi connectivity index (χ0n) is 20.4. The first-order valence-corrected chi connectivity index (χ1v) is 13.0. The third kappa shape index (κ3) is 10.9. The van der Waals surface area contributed by atoms with Crippen LogP contribution in [-0.2, 0) is 29.0 Å². The van der Waals surface area contributed by atoms with Gasteiger partial charge in [-0.25, -0.2) is 17.9 Å². The highest BCUT2D eigenvalue weighted by Crippen LogP contribution is 2.17. The van der Waals surface area contributed by atoms with Crippen LogP contribution < -0.4 is 4.72 Å². The van der Waals surface area contributed by atoms with Crippen molar-refractivity contribution in [2.45, 2.75) is 50.2 Å². The number of nitrogens with zero attached hydrogens (tertiary/aromatic N) is 2. The lowest BCUT2D eigenvalue weighted by Crippen LogP contribution is -2.43. The van der Waals surface area contributed by atoms with Crippen molar-refractivity contribution in [1.82, 2.24) is 9.62 Å². The summed E-state index contributed by atoms with van der Waals surface area (Å²) in [5, 5.41) is 10.6. The van der Waals surface area contributed by atoms with E-state index in [1.54, 1.807) is 4.90 Å². The molecular weight excluding hydrogens is 482 g/mol. The van der Waals surface area contributed by atoms with Crippen LogP contribution in [0, 0.1) is 10.1 Å². The molecule has 0 saturated carbocycles. The second-order valence-electron chi connectivity index (χ2n) is 8.91. The topological polar surface area (TPSA) is 147 Å². The lowest BCUT2D eigenvalue weighted by Gasteiger charge is -2.33. The van der Waals surface area contributed by atoms with Crippen molar-refractivity contribution in [1.29, 1.82) is 0 Å². The van der Waals surface area contributed by atoms with Gasteiger partial charge in [-0.15, -0.1) is 0 Å². The number of ether oxygens (including phenoxy) is 4. The Morgan fingerprint density at radius 2 is 1.63 bits per heavy atom. The Morgan fingerprint density at radius 3 is 2.20 bits per heavy atom. The average Bonchev–Trinajstić information content (AvgIpc) is 2.79. The largest absolute Gasteiger partial charge is 0.444 e. The number of carbonyl (C=O) groups is 1. The highest BCUT2D eigenvalue weighted by Gasteiger charge is 2.27. The Bertz CT molecular complexity index is 909. The maximum Gasteiger partial charge on any atom is 0.410 e. The van der Waals surface area contributed by atoms with Crippen LogP contribution in [0.3, 0.4) is 0 Å². The van der Waals surface area contributed by atoms with Gasteiger partial charge in [-0.2, -0.15) is 0 Å². The number of hydrogen-bond donors (Lipinski definition) is 1. The number of carbonyl (C=O) groups excluding carboxylic acids is 1. The zero-order valence-corrected chi connectivity index (χ0v) is 21.3. The van der Waals surface area contributed by atoms with E-state index in [0.717, 1.165) is 25.0 Å². The number of amides is 1. The van der Waals surface area contributed by atoms with E-state index in [2.05, 4.69) is 4.72 Å². The van der Waals surface area contributed by atoms with Crippen LogP contribution >= 0.6 is 0 Å². The highest BCUT2D eigenvalue weighted by atomic mass is 32.2. The number of nitrogens with one attached hydrogen (secondary N) is 1. The molecule has 35 heavy (non-hydrogen) atoms. The van der Waals surface area contributed by atoms with Crippen LogP contribution in [0.1, 0.15) is 33.6 Å². The molecule has 1 aliphatic heterocycles. The van der Waals surface area contributed by atoms with Crippen molar-refractivity contribution in [2.24, 2.45) is 0 Å². The van der Waals surface area contributed by atoms with E-state index in [-0.39, 0.29) is 35.9 Å². The van der Waals surface area contributed by atoms with Crippen LogP contribution in [0.5, 0.6) is 0 Å². The normalized spacial score (nSPS) is 15.2. The number of non-ortho nitro benzene ring substituents is 1. The van der Waals surface area contributed by atoms with Crippen molar-refractivity contribution in [3.8, 4) is 0 Å². The molecule has 1 saturated heterocycles. The Morgan fingerprint density at radius 1 is 1.06 bits per heavy atom. The summed E-state index contributed by atoms with van der Waals surface area (Å²) in [6.07, 6.45) is 1.28. The van der Waals surface area contributed by atoms with Gasteiger partial charge in [-0.05, 0) is 45.7 Å². The van der Waals surface area contributed by atoms with Crippen molar-refractivity contribution in [2.75, 3.05) is 52.7 Å². The second kappa shape index (κ2) is 13.7. The number of likely N-dealkylation sites (tertiary alicyclic amines) is 1. The summed E-state index contributed by atoms with van der Waals surface area (Å²) < 4.78 is 48.7. The lowest BCUT2D eigenvalue weighted by molar-refractivity contribution is -0.384. The summed E-state index contributed by atoms with van der Waals surface area (Å²) >= 11 is 0. The van der Waals surface area contributed by atoms with Crippen LogP contribution in [0.4, 0.5) is 10.5 Å². The Balaban J connectivity index is 1.47. The van der Waals surface area contributed by atoms with Crippen molar-refractivity contribution < 1.29 is 37.1 Å². The van der Waals surface area contributed by atoms with Gasteiger partial charge in [0.25, 0.3) is 5.69 Å². The second-order valence-corrected chi connectivity index (χ2v) is 10.7. The number of hydrogen-bond acceptors (Lipinski definition) is 9. The standard InChI is InChI=1S/C22H35N3O9S/c1-22(2,3)34-21(26)24-11-8-19(9-12-24)33-17-16-32-15-14-31-13-10-23-35(29,30)20-6-4-18(5-7-20)25(27)28/h4-7,19,23H,8-17H2,1-3H3. The summed E-state index contributed by atoms with van der Waals surface area (Å²) in [4.78, 5) is 23.8. The van der Waals surface area contributed by atoms with Gasteiger partial charge >= 0.3 is 6.09 Å². The molecule has 0 atom stereocenters. The monoisotopic (exact) mass is 517 g/mol. The van der Waals surface area contributed by atoms with Gasteiger partial charge in [0.2, 0.25) is 10.0 Å². The lowest BCUT2D eigenvalue weighted by atomic mass is 10.1. The molecule has 1 N–H and O–H groups in total. The molecule has 198 valence electrons. The summed E-state index contributed by atoms with van der Waals surface area (Å²) in [5.74, 6) is 0. The van der Waals surface area contributed by atoms with Gasteiger partial charge in [-0.3, -0.25) is 10.1 Å². The molecule has 0 radical (unpaired) electrons. The number of nitro groups is 1. The van der Waals surface area contributed by atoms with Crippen molar-refractivity contribution in [3.63, 3.8) is 0 Å². The van der Waals surface area contributed by atoms with E-state index < -0.39 is 20.5 Å². The van der Waals surface area contributed by atoms with Crippen LogP contribution in [0.2, 0.25) is 0 Å². The van der Waals surface area contributed by atoms with Gasteiger partial charge < -0.3 is 23.8 Å². The predicted octanol–water partition coefficient (Wildman–Crippen LogP) is 2.32. The molecule has 0 unspecified atom stereocenters. The summed E-state index contributed by atoms with van der Waals surface area (Å²) in [7, 11) is -3.76. The third-order valence-corrected chi connectivity index (χ3v) is 6.42. The van der Waals surface area contributed by atoms with Gasteiger partial charge in [-0.1, -0.05) is 0 Å². The average molecular weight is 518 g/mol. The minimum Gasteiger partial charge on any atom is -0.444 e. The molecule has 1 aromatic rings. The summed E-state index contributed by atoms with van der Waals surface area (Å²) in [5.41, 5.74) is -0.684. The molecule has 1 fully saturated rings. The van der Waals surface area contributed by atoms with Crippen LogP contribution in [0.25, 0.3) is 0 Å². The minimum absolute atomic E-state index is 0.0538. The molecule has 0 aromatic heterocycles. The fourth-order valence-electron chi connectivity index (χ4n) is 3.21. The molecule has 1 amide bonds. The first kappa shape index (κ1) is 28.9. The molecular formula is C22H35N3O9S. The molecule has 0 bridgehead atoms. The number of sulfonamides is 1. The zero-order chi connectivity index (χ0) is 25.9. The fraction of sp³-hybridized carbons (Fsp3) is 0.682. The van der Waals surface area contributed by atoms with E-state index in [0.29, 0.717) is 39.5 Å². The smallest absolute Gasteiger partial charge is 0.410 e. The van der Waals surface area contributed by atoms with Gasteiger partial charge in [0.15, 0.2) is 0 Å². The minimum atomic E-state index is -3.76. The van der Waals surface area contributed by atoms with E-state index in [9.17, 15) is 23.3 Å². The van der Waals surface area contributed by atoms with Crippen LogP contribution in [-0.4, -0.2) is 88.7 Å². The maximum atomic E-state index is 12.2. The maximum absolute atomic E-state index is 12.2. The Hall–Kier alpha value is -2.32. The first-order valence-electron chi connectivity index (χ1n) is 11.5. The number of piperidine rings is 1. The Labute approximate surface area is 206 Å². The van der Waals surface area contributed by atoms with E-state index in [1.165, 1.54) is 12.1 Å². The van der Waals surface area contributed by atoms with Crippen molar-refractivity contribution in [3.05, 3.63) is 34.4 Å². The summed E-state index contributed by atoms with van der Waals surface area (Å²) in [6.45, 7) is 8.43. The number of rotatable bonds is 13. The van der Waals surface area contributed by atoms with E-state index in [1.807, 2.05) is 20.8 Å². The SMILES string of the molecule is CC(C)(C)OC(=O)N1CCC(OCCOCCOCCNS(=O)(=O)c2ccc([N+](=O)[O-])cc2)CC1. The molecule has 1 aliphatic rings. The van der Waals surface area contributed by atoms with Crippen LogP contribution in [0.15, 0.2) is 29.2 Å². The molecule has 13 heteroatoms. The molecule has 1 aromatic carbocycles. The molecule has 1 heterocycles. The summed E-state index contributed by atoms with van der Waals surface area (Å²) in [6, 6.07) is 4.64. The fourth-order valence-corrected chi connectivity index (χ4v) is 4.22. The predicted molar refractivity (Wildman–Crippen MR) is 127 cm³/mol. The number of benzene rings is 1. The molecule has 12 nitrogen and oxygen atoms in total. The van der Waals surface area contributed by atoms with Crippen molar-refractivity contribution >= 4 is 21.8 Å².